The molecule has 1 heterocycles. The Bertz CT molecular complexity index is 680. The molecule has 1 aromatic carbocycles. The van der Waals surface area contributed by atoms with Gasteiger partial charge in [-0.3, -0.25) is 0 Å². The van der Waals surface area contributed by atoms with E-state index in [0.717, 1.165) is 12.1 Å². The molecule has 7 nitrogen and oxygen atoms in total. The van der Waals surface area contributed by atoms with Crippen molar-refractivity contribution in [3.63, 3.8) is 0 Å². The third-order valence-corrected chi connectivity index (χ3v) is 4.21. The number of rotatable bonds is 7. The molecule has 2 N–H and O–H groups in total. The Morgan fingerprint density at radius 2 is 1.96 bits per heavy atom. The van der Waals surface area contributed by atoms with Crippen molar-refractivity contribution in [2.75, 3.05) is 19.8 Å². The summed E-state index contributed by atoms with van der Waals surface area (Å²) in [7, 11) is -2.93. The highest BCUT2D eigenvalue weighted by Gasteiger charge is 2.39. The summed E-state index contributed by atoms with van der Waals surface area (Å²) in [6, 6.07) is 1.81. The number of ether oxygens (including phenoxy) is 2. The summed E-state index contributed by atoms with van der Waals surface area (Å²) < 4.78 is 62.3. The molecule has 1 fully saturated rings. The van der Waals surface area contributed by atoms with Crippen LogP contribution in [-0.4, -0.2) is 39.3 Å². The Labute approximate surface area is 138 Å². The molecule has 1 aromatic rings. The third kappa shape index (κ3) is 4.47. The Hall–Kier alpha value is -1.62. The Morgan fingerprint density at radius 3 is 2.54 bits per heavy atom. The minimum Gasteiger partial charge on any atom is -0.480 e. The lowest BCUT2D eigenvalue weighted by Gasteiger charge is -2.37. The van der Waals surface area contributed by atoms with Crippen LogP contribution in [0, 0.1) is 11.6 Å². The van der Waals surface area contributed by atoms with Gasteiger partial charge in [0.25, 0.3) is 0 Å². The van der Waals surface area contributed by atoms with E-state index in [9.17, 15) is 22.0 Å². The molecule has 0 spiro atoms. The summed E-state index contributed by atoms with van der Waals surface area (Å²) in [5, 5.41) is 8.81. The van der Waals surface area contributed by atoms with E-state index in [0.29, 0.717) is 0 Å². The van der Waals surface area contributed by atoms with Gasteiger partial charge in [0.15, 0.2) is 0 Å². The van der Waals surface area contributed by atoms with Crippen molar-refractivity contribution in [1.29, 1.82) is 0 Å². The highest BCUT2D eigenvalue weighted by atomic mass is 32.2. The first-order chi connectivity index (χ1) is 11.3. The van der Waals surface area contributed by atoms with E-state index < -0.39 is 40.7 Å². The Kier molecular flexibility index (Phi) is 6.21. The highest BCUT2D eigenvalue weighted by molar-refractivity contribution is 7.70. The zero-order chi connectivity index (χ0) is 17.7. The number of benzene rings is 1. The fraction of sp³-hybridized carbons (Fsp3) is 0.500. The fourth-order valence-corrected chi connectivity index (χ4v) is 2.91. The van der Waals surface area contributed by atoms with Crippen LogP contribution in [0.2, 0.25) is 0 Å². The second-order valence-corrected chi connectivity index (χ2v) is 6.13. The Balaban J connectivity index is 2.35. The van der Waals surface area contributed by atoms with Gasteiger partial charge in [-0.25, -0.2) is 26.7 Å². The maximum atomic E-state index is 14.5. The van der Waals surface area contributed by atoms with E-state index >= 15 is 0 Å². The Morgan fingerprint density at radius 1 is 1.29 bits per heavy atom. The first kappa shape index (κ1) is 18.7. The van der Waals surface area contributed by atoms with Crippen molar-refractivity contribution in [3.8, 4) is 0 Å². The number of carbonyl (C=O) groups is 1. The topological polar surface area (TPSA) is 102 Å². The van der Waals surface area contributed by atoms with Crippen LogP contribution in [0.3, 0.4) is 0 Å². The third-order valence-electron chi connectivity index (χ3n) is 3.80. The van der Waals surface area contributed by atoms with Crippen molar-refractivity contribution in [3.05, 3.63) is 34.9 Å². The molecular weight excluding hydrogens is 348 g/mol. The zero-order valence-corrected chi connectivity index (χ0v) is 13.5. The summed E-state index contributed by atoms with van der Waals surface area (Å²) in [6.45, 7) is -0.587. The lowest BCUT2D eigenvalue weighted by atomic mass is 9.85. The number of thiol groups is 1. The molecule has 0 bridgehead atoms. The number of nitrogens with one attached hydrogen (secondary N) is 1. The molecule has 10 heteroatoms. The van der Waals surface area contributed by atoms with E-state index in [1.807, 2.05) is 4.72 Å². The summed E-state index contributed by atoms with van der Waals surface area (Å²) in [4.78, 5) is 10.8. The molecule has 1 saturated heterocycles. The minimum absolute atomic E-state index is 0.0974. The monoisotopic (exact) mass is 365 g/mol. The second-order valence-electron chi connectivity index (χ2n) is 5.30. The quantitative estimate of drug-likeness (QED) is 0.615. The van der Waals surface area contributed by atoms with Gasteiger partial charge in [0, 0.05) is 43.7 Å². The summed E-state index contributed by atoms with van der Waals surface area (Å²) in [5.41, 5.74) is -1.55. The van der Waals surface area contributed by atoms with Crippen molar-refractivity contribution in [1.82, 2.24) is 4.72 Å². The van der Waals surface area contributed by atoms with Crippen LogP contribution in [0.4, 0.5) is 8.78 Å². The normalized spacial score (nSPS) is 17.1. The van der Waals surface area contributed by atoms with Crippen LogP contribution in [-0.2, 0) is 37.3 Å². The van der Waals surface area contributed by atoms with Crippen molar-refractivity contribution in [2.24, 2.45) is 0 Å². The molecule has 0 aromatic heterocycles. The fourth-order valence-electron chi connectivity index (χ4n) is 2.61. The van der Waals surface area contributed by atoms with Crippen LogP contribution in [0.1, 0.15) is 24.0 Å². The van der Waals surface area contributed by atoms with E-state index in [1.165, 1.54) is 0 Å². The molecular formula is C14H17F2NO6S. The van der Waals surface area contributed by atoms with Gasteiger partial charge in [-0.15, -0.1) is 0 Å². The standard InChI is InChI=1S/C14H17F2NO6S/c15-11-6-10(12(16)5-9(11)7-17-24(20)21)14(23-8-13(18)19)1-3-22-4-2-14/h5-6,24H,1-4,7-8H2,(H,18,19)(H,17,20,21). The first-order valence-corrected chi connectivity index (χ1v) is 8.31. The van der Waals surface area contributed by atoms with Crippen molar-refractivity contribution < 1.29 is 36.6 Å². The van der Waals surface area contributed by atoms with Gasteiger partial charge in [-0.1, -0.05) is 0 Å². The number of hydrogen-bond donors (Lipinski definition) is 3. The lowest BCUT2D eigenvalue weighted by molar-refractivity contribution is -0.160. The molecule has 0 atom stereocenters. The van der Waals surface area contributed by atoms with Gasteiger partial charge in [0.1, 0.15) is 23.8 Å². The van der Waals surface area contributed by atoms with Gasteiger partial charge < -0.3 is 14.6 Å². The molecule has 134 valence electrons. The molecule has 0 amide bonds. The molecule has 2 rings (SSSR count). The van der Waals surface area contributed by atoms with Crippen LogP contribution < -0.4 is 4.72 Å². The van der Waals surface area contributed by atoms with Crippen molar-refractivity contribution >= 4 is 16.9 Å². The lowest BCUT2D eigenvalue weighted by Crippen LogP contribution is -2.39. The number of hydrogen-bond acceptors (Lipinski definition) is 5. The van der Waals surface area contributed by atoms with Crippen LogP contribution in [0.15, 0.2) is 12.1 Å². The number of halogens is 2. The maximum Gasteiger partial charge on any atom is 0.329 e. The van der Waals surface area contributed by atoms with E-state index in [2.05, 4.69) is 0 Å². The minimum atomic E-state index is -2.93. The van der Waals surface area contributed by atoms with Gasteiger partial charge in [0.2, 0.25) is 10.9 Å². The first-order valence-electron chi connectivity index (χ1n) is 7.14. The van der Waals surface area contributed by atoms with E-state index in [-0.39, 0.29) is 43.7 Å². The molecule has 0 unspecified atom stereocenters. The van der Waals surface area contributed by atoms with Gasteiger partial charge in [-0.2, -0.15) is 0 Å². The predicted octanol–water partition coefficient (Wildman–Crippen LogP) is 0.688. The molecule has 0 aliphatic carbocycles. The van der Waals surface area contributed by atoms with Gasteiger partial charge in [0.05, 0.1) is 0 Å². The van der Waals surface area contributed by atoms with Crippen molar-refractivity contribution in [2.45, 2.75) is 25.0 Å². The highest BCUT2D eigenvalue weighted by Crippen LogP contribution is 2.38. The smallest absolute Gasteiger partial charge is 0.329 e. The van der Waals surface area contributed by atoms with Gasteiger partial charge in [-0.05, 0) is 12.1 Å². The van der Waals surface area contributed by atoms with E-state index in [4.69, 9.17) is 14.6 Å². The molecule has 1 aliphatic heterocycles. The van der Waals surface area contributed by atoms with E-state index in [1.54, 1.807) is 0 Å². The van der Waals surface area contributed by atoms with Crippen LogP contribution in [0.5, 0.6) is 0 Å². The molecule has 1 aliphatic rings. The molecule has 0 radical (unpaired) electrons. The summed E-state index contributed by atoms with van der Waals surface area (Å²) in [5.74, 6) is -2.82. The van der Waals surface area contributed by atoms with Crippen LogP contribution >= 0.6 is 0 Å². The van der Waals surface area contributed by atoms with Gasteiger partial charge >= 0.3 is 5.97 Å². The summed E-state index contributed by atoms with van der Waals surface area (Å²) >= 11 is 0. The largest absolute Gasteiger partial charge is 0.480 e. The van der Waals surface area contributed by atoms with Crippen LogP contribution in [0.25, 0.3) is 0 Å². The maximum absolute atomic E-state index is 14.5. The average molecular weight is 365 g/mol. The SMILES string of the molecule is O=C(O)COC1(c2cc(F)c(CN[SH](=O)=O)cc2F)CCOCC1. The average Bonchev–Trinajstić information content (AvgIpc) is 2.54. The zero-order valence-electron chi connectivity index (χ0n) is 12.6. The number of carboxylic acids is 1. The predicted molar refractivity (Wildman–Crippen MR) is 78.8 cm³/mol. The number of aliphatic carboxylic acids is 1. The second kappa shape index (κ2) is 7.97. The number of carboxylic acid groups (broad SMARTS) is 1. The molecule has 0 saturated carbocycles. The summed E-state index contributed by atoms with van der Waals surface area (Å²) in [6.07, 6.45) is 0.362. The molecule has 24 heavy (non-hydrogen) atoms.